The van der Waals surface area contributed by atoms with E-state index in [4.69, 9.17) is 9.26 Å². The molecule has 0 saturated carbocycles. The van der Waals surface area contributed by atoms with E-state index in [2.05, 4.69) is 28.4 Å². The van der Waals surface area contributed by atoms with Gasteiger partial charge >= 0.3 is 0 Å². The summed E-state index contributed by atoms with van der Waals surface area (Å²) in [7, 11) is 0. The average molecular weight is 291 g/mol. The molecule has 1 atom stereocenters. The van der Waals surface area contributed by atoms with Crippen molar-refractivity contribution in [3.63, 3.8) is 0 Å². The summed E-state index contributed by atoms with van der Waals surface area (Å²) in [5.41, 5.74) is 0. The Bertz CT molecular complexity index is 573. The molecule has 2 aromatic rings. The van der Waals surface area contributed by atoms with Crippen LogP contribution >= 0.6 is 11.8 Å². The maximum atomic E-state index is 5.93. The van der Waals surface area contributed by atoms with Crippen LogP contribution in [0.15, 0.2) is 33.7 Å². The Morgan fingerprint density at radius 1 is 1.40 bits per heavy atom. The molecule has 0 fully saturated rings. The third-order valence-corrected chi connectivity index (χ3v) is 4.10. The Balaban J connectivity index is 1.66. The second-order valence-electron chi connectivity index (χ2n) is 4.59. The molecule has 0 amide bonds. The maximum absolute atomic E-state index is 5.93. The Morgan fingerprint density at radius 3 is 3.20 bits per heavy atom. The van der Waals surface area contributed by atoms with Crippen molar-refractivity contribution in [2.24, 2.45) is 0 Å². The molecule has 0 spiro atoms. The van der Waals surface area contributed by atoms with Gasteiger partial charge in [-0.25, -0.2) is 0 Å². The Hall–Kier alpha value is -1.53. The minimum Gasteiger partial charge on any atom is -0.480 e. The monoisotopic (exact) mass is 291 g/mol. The van der Waals surface area contributed by atoms with E-state index < -0.39 is 0 Å². The van der Waals surface area contributed by atoms with Crippen LogP contribution in [0.5, 0.6) is 5.75 Å². The molecule has 1 aliphatic rings. The van der Waals surface area contributed by atoms with Gasteiger partial charge in [-0.05, 0) is 25.1 Å². The van der Waals surface area contributed by atoms with Crippen molar-refractivity contribution >= 4 is 11.8 Å². The van der Waals surface area contributed by atoms with Crippen molar-refractivity contribution in [2.45, 2.75) is 30.9 Å². The van der Waals surface area contributed by atoms with Gasteiger partial charge in [-0.3, -0.25) is 0 Å². The largest absolute Gasteiger partial charge is 0.480 e. The minimum atomic E-state index is -0.140. The maximum Gasteiger partial charge on any atom is 0.240 e. The molecule has 5 nitrogen and oxygen atoms in total. The molecule has 1 aromatic heterocycles. The third-order valence-electron chi connectivity index (χ3n) is 2.98. The van der Waals surface area contributed by atoms with E-state index in [-0.39, 0.29) is 6.10 Å². The van der Waals surface area contributed by atoms with Crippen molar-refractivity contribution in [1.29, 1.82) is 0 Å². The van der Waals surface area contributed by atoms with Crippen molar-refractivity contribution in [2.75, 3.05) is 12.3 Å². The molecular weight excluding hydrogens is 274 g/mol. The lowest BCUT2D eigenvalue weighted by Crippen LogP contribution is -2.17. The lowest BCUT2D eigenvalue weighted by atomic mass is 10.3. The third kappa shape index (κ3) is 2.96. The first-order valence-corrected chi connectivity index (χ1v) is 7.77. The van der Waals surface area contributed by atoms with Gasteiger partial charge in [-0.1, -0.05) is 24.2 Å². The number of hydrogen-bond donors (Lipinski definition) is 1. The zero-order chi connectivity index (χ0) is 13.8. The van der Waals surface area contributed by atoms with E-state index in [0.717, 1.165) is 29.4 Å². The van der Waals surface area contributed by atoms with E-state index in [1.807, 2.05) is 18.2 Å². The van der Waals surface area contributed by atoms with Gasteiger partial charge < -0.3 is 14.6 Å². The average Bonchev–Trinajstić information content (AvgIpc) is 2.96. The summed E-state index contributed by atoms with van der Waals surface area (Å²) in [6, 6.07) is 8.02. The zero-order valence-corrected chi connectivity index (χ0v) is 12.2. The lowest BCUT2D eigenvalue weighted by Gasteiger charge is -2.22. The molecule has 1 aromatic carbocycles. The topological polar surface area (TPSA) is 60.2 Å². The molecule has 0 bridgehead atoms. The van der Waals surface area contributed by atoms with E-state index in [0.29, 0.717) is 18.3 Å². The number of rotatable bonds is 5. The minimum absolute atomic E-state index is 0.140. The summed E-state index contributed by atoms with van der Waals surface area (Å²) in [5.74, 6) is 2.93. The van der Waals surface area contributed by atoms with Gasteiger partial charge in [0.1, 0.15) is 5.75 Å². The predicted molar refractivity (Wildman–Crippen MR) is 76.8 cm³/mol. The summed E-state index contributed by atoms with van der Waals surface area (Å²) in [6.45, 7) is 3.68. The summed E-state index contributed by atoms with van der Waals surface area (Å²) < 4.78 is 11.2. The standard InChI is InChI=1S/C14H17N3O2S/c1-2-7-15-8-13-16-14(17-19-13)11-9-20-12-6-4-3-5-10(12)18-11/h3-6,11,15H,2,7-9H2,1H3. The van der Waals surface area contributed by atoms with Crippen molar-refractivity contribution in [1.82, 2.24) is 15.5 Å². The highest BCUT2D eigenvalue weighted by molar-refractivity contribution is 7.99. The second kappa shape index (κ2) is 6.28. The van der Waals surface area contributed by atoms with Crippen LogP contribution in [0.4, 0.5) is 0 Å². The molecule has 6 heteroatoms. The van der Waals surface area contributed by atoms with Gasteiger partial charge in [-0.2, -0.15) is 4.98 Å². The summed E-state index contributed by atoms with van der Waals surface area (Å²) in [5, 5.41) is 7.27. The van der Waals surface area contributed by atoms with E-state index >= 15 is 0 Å². The molecule has 106 valence electrons. The Morgan fingerprint density at radius 2 is 2.30 bits per heavy atom. The number of fused-ring (bicyclic) bond motifs is 1. The van der Waals surface area contributed by atoms with Crippen LogP contribution in [0.3, 0.4) is 0 Å². The van der Waals surface area contributed by atoms with Crippen LogP contribution < -0.4 is 10.1 Å². The van der Waals surface area contributed by atoms with E-state index in [1.54, 1.807) is 11.8 Å². The van der Waals surface area contributed by atoms with Gasteiger partial charge in [0.05, 0.1) is 6.54 Å². The highest BCUT2D eigenvalue weighted by Crippen LogP contribution is 2.39. The predicted octanol–water partition coefficient (Wildman–Crippen LogP) is 2.80. The van der Waals surface area contributed by atoms with Crippen LogP contribution in [0.1, 0.15) is 31.2 Å². The highest BCUT2D eigenvalue weighted by atomic mass is 32.2. The lowest BCUT2D eigenvalue weighted by molar-refractivity contribution is 0.205. The number of nitrogens with zero attached hydrogens (tertiary/aromatic N) is 2. The van der Waals surface area contributed by atoms with Crippen molar-refractivity contribution in [3.8, 4) is 5.75 Å². The molecule has 0 radical (unpaired) electrons. The first kappa shape index (κ1) is 13.5. The molecule has 3 rings (SSSR count). The fraction of sp³-hybridized carbons (Fsp3) is 0.429. The fourth-order valence-electron chi connectivity index (χ4n) is 1.99. The SMILES string of the molecule is CCCNCc1nc(C2CSc3ccccc3O2)no1. The molecule has 1 N–H and O–H groups in total. The molecule has 0 saturated heterocycles. The van der Waals surface area contributed by atoms with Gasteiger partial charge in [0.15, 0.2) is 6.10 Å². The molecule has 20 heavy (non-hydrogen) atoms. The molecule has 0 aliphatic carbocycles. The summed E-state index contributed by atoms with van der Waals surface area (Å²) in [4.78, 5) is 5.56. The number of benzene rings is 1. The number of ether oxygens (including phenoxy) is 1. The van der Waals surface area contributed by atoms with Crippen LogP contribution in [0.25, 0.3) is 0 Å². The number of hydrogen-bond acceptors (Lipinski definition) is 6. The Kier molecular flexibility index (Phi) is 4.22. The normalized spacial score (nSPS) is 17.6. The van der Waals surface area contributed by atoms with E-state index in [9.17, 15) is 0 Å². The smallest absolute Gasteiger partial charge is 0.240 e. The van der Waals surface area contributed by atoms with Crippen LogP contribution in [-0.2, 0) is 6.54 Å². The number of aromatic nitrogens is 2. The molecular formula is C14H17N3O2S. The van der Waals surface area contributed by atoms with Crippen molar-refractivity contribution in [3.05, 3.63) is 36.0 Å². The fourth-order valence-corrected chi connectivity index (χ4v) is 2.97. The first-order valence-electron chi connectivity index (χ1n) is 6.78. The molecule has 1 unspecified atom stereocenters. The van der Waals surface area contributed by atoms with Gasteiger partial charge in [0.25, 0.3) is 0 Å². The number of thioether (sulfide) groups is 1. The second-order valence-corrected chi connectivity index (χ2v) is 5.65. The van der Waals surface area contributed by atoms with Crippen molar-refractivity contribution < 1.29 is 9.26 Å². The quantitative estimate of drug-likeness (QED) is 0.855. The van der Waals surface area contributed by atoms with Crippen LogP contribution in [-0.4, -0.2) is 22.4 Å². The van der Waals surface area contributed by atoms with Crippen LogP contribution in [0.2, 0.25) is 0 Å². The molecule has 2 heterocycles. The summed E-state index contributed by atoms with van der Waals surface area (Å²) >= 11 is 1.76. The zero-order valence-electron chi connectivity index (χ0n) is 11.3. The highest BCUT2D eigenvalue weighted by Gasteiger charge is 2.25. The number of para-hydroxylation sites is 1. The number of nitrogens with one attached hydrogen (secondary N) is 1. The van der Waals surface area contributed by atoms with Crippen LogP contribution in [0, 0.1) is 0 Å². The first-order chi connectivity index (χ1) is 9.86. The Labute approximate surface area is 122 Å². The van der Waals surface area contributed by atoms with E-state index in [1.165, 1.54) is 0 Å². The van der Waals surface area contributed by atoms with Gasteiger partial charge in [0.2, 0.25) is 11.7 Å². The summed E-state index contributed by atoms with van der Waals surface area (Å²) in [6.07, 6.45) is 0.943. The van der Waals surface area contributed by atoms with Gasteiger partial charge in [0, 0.05) is 10.6 Å². The molecule has 1 aliphatic heterocycles. The van der Waals surface area contributed by atoms with Gasteiger partial charge in [-0.15, -0.1) is 11.8 Å².